The third-order valence-electron chi connectivity index (χ3n) is 3.46. The van der Waals surface area contributed by atoms with Gasteiger partial charge in [0.2, 0.25) is 5.91 Å². The molecule has 1 aliphatic rings. The smallest absolute Gasteiger partial charge is 0.238 e. The predicted octanol–water partition coefficient (Wildman–Crippen LogP) is 2.74. The molecular formula is C14H27N3OS. The third kappa shape index (κ3) is 7.35. The third-order valence-corrected chi connectivity index (χ3v) is 3.82. The molecule has 0 aromatic carbocycles. The normalized spacial score (nSPS) is 15.1. The molecule has 1 aliphatic heterocycles. The molecule has 0 aromatic rings. The van der Waals surface area contributed by atoms with Crippen molar-refractivity contribution >= 4 is 23.2 Å². The molecule has 0 aliphatic carbocycles. The molecule has 5 heteroatoms. The number of rotatable bonds is 6. The molecule has 4 nitrogen and oxygen atoms in total. The van der Waals surface area contributed by atoms with Crippen LogP contribution in [0.15, 0.2) is 0 Å². The summed E-state index contributed by atoms with van der Waals surface area (Å²) in [5, 5.41) is 0.652. The number of carbonyl (C=O) groups is 1. The second-order valence-electron chi connectivity index (χ2n) is 5.19. The van der Waals surface area contributed by atoms with Crippen LogP contribution in [0.3, 0.4) is 0 Å². The van der Waals surface area contributed by atoms with Crippen molar-refractivity contribution in [2.75, 3.05) is 13.1 Å². The van der Waals surface area contributed by atoms with Gasteiger partial charge in [0.1, 0.15) is 0 Å². The van der Waals surface area contributed by atoms with E-state index in [-0.39, 0.29) is 5.91 Å². The lowest BCUT2D eigenvalue weighted by molar-refractivity contribution is -0.121. The fraction of sp³-hybridized carbons (Fsp3) is 0.857. The topological polar surface area (TPSA) is 44.4 Å². The lowest BCUT2D eigenvalue weighted by Crippen LogP contribution is -2.50. The second kappa shape index (κ2) is 10.0. The van der Waals surface area contributed by atoms with Crippen LogP contribution in [0, 0.1) is 0 Å². The maximum atomic E-state index is 11.6. The molecule has 19 heavy (non-hydrogen) atoms. The Morgan fingerprint density at radius 1 is 1.05 bits per heavy atom. The summed E-state index contributed by atoms with van der Waals surface area (Å²) in [6, 6.07) is 0. The highest BCUT2D eigenvalue weighted by Crippen LogP contribution is 2.08. The van der Waals surface area contributed by atoms with Crippen molar-refractivity contribution in [3.8, 4) is 0 Å². The molecule has 1 fully saturated rings. The number of amides is 1. The van der Waals surface area contributed by atoms with E-state index in [4.69, 9.17) is 12.2 Å². The summed E-state index contributed by atoms with van der Waals surface area (Å²) in [4.78, 5) is 13.7. The summed E-state index contributed by atoms with van der Waals surface area (Å²) < 4.78 is 0. The van der Waals surface area contributed by atoms with Crippen LogP contribution in [0.1, 0.15) is 64.7 Å². The second-order valence-corrected chi connectivity index (χ2v) is 5.58. The number of thiocarbonyl (C=S) groups is 1. The molecule has 1 amide bonds. The minimum atomic E-state index is 0.0378. The summed E-state index contributed by atoms with van der Waals surface area (Å²) in [5.74, 6) is 0.0378. The molecule has 0 unspecified atom stereocenters. The maximum absolute atomic E-state index is 11.6. The highest BCUT2D eigenvalue weighted by molar-refractivity contribution is 7.80. The Kier molecular flexibility index (Phi) is 8.54. The van der Waals surface area contributed by atoms with Crippen molar-refractivity contribution in [2.24, 2.45) is 0 Å². The van der Waals surface area contributed by atoms with Crippen LogP contribution in [0.2, 0.25) is 0 Å². The number of likely N-dealkylation sites (tertiary alicyclic amines) is 1. The van der Waals surface area contributed by atoms with Gasteiger partial charge in [-0.25, -0.2) is 0 Å². The van der Waals surface area contributed by atoms with Gasteiger partial charge in [-0.05, 0) is 37.9 Å². The predicted molar refractivity (Wildman–Crippen MR) is 82.7 cm³/mol. The highest BCUT2D eigenvalue weighted by atomic mass is 32.1. The van der Waals surface area contributed by atoms with Crippen LogP contribution in [0.4, 0.5) is 0 Å². The minimum absolute atomic E-state index is 0.0378. The number of hydrogen-bond donors (Lipinski definition) is 2. The zero-order chi connectivity index (χ0) is 13.9. The monoisotopic (exact) mass is 285 g/mol. The number of hydrazine groups is 1. The summed E-state index contributed by atoms with van der Waals surface area (Å²) in [5.41, 5.74) is 5.56. The van der Waals surface area contributed by atoms with Crippen molar-refractivity contribution < 1.29 is 4.79 Å². The van der Waals surface area contributed by atoms with Crippen molar-refractivity contribution in [1.29, 1.82) is 0 Å². The van der Waals surface area contributed by atoms with E-state index in [0.717, 1.165) is 25.9 Å². The van der Waals surface area contributed by atoms with Gasteiger partial charge in [0, 0.05) is 19.5 Å². The number of piperidine rings is 1. The van der Waals surface area contributed by atoms with Crippen LogP contribution in [0.25, 0.3) is 0 Å². The van der Waals surface area contributed by atoms with E-state index < -0.39 is 0 Å². The number of nitrogens with zero attached hydrogens (tertiary/aromatic N) is 1. The van der Waals surface area contributed by atoms with E-state index >= 15 is 0 Å². The maximum Gasteiger partial charge on any atom is 0.238 e. The van der Waals surface area contributed by atoms with E-state index in [9.17, 15) is 4.79 Å². The van der Waals surface area contributed by atoms with Crippen LogP contribution in [-0.2, 0) is 4.79 Å². The number of carbonyl (C=O) groups excluding carboxylic acids is 1. The van der Waals surface area contributed by atoms with Gasteiger partial charge in [0.15, 0.2) is 5.11 Å². The standard InChI is InChI=1S/C14H27N3OS/c1-2-3-4-5-7-10-13(18)15-16-14(19)17-11-8-6-9-12-17/h2-12H2,1H3,(H,15,18)(H,16,19). The molecule has 0 bridgehead atoms. The van der Waals surface area contributed by atoms with E-state index in [0.29, 0.717) is 11.5 Å². The molecule has 2 N–H and O–H groups in total. The first-order valence-corrected chi connectivity index (χ1v) is 7.98. The quantitative estimate of drug-likeness (QED) is 0.447. The Labute approximate surface area is 122 Å². The first-order valence-electron chi connectivity index (χ1n) is 7.57. The zero-order valence-corrected chi connectivity index (χ0v) is 12.9. The summed E-state index contributed by atoms with van der Waals surface area (Å²) in [6.45, 7) is 4.19. The molecule has 0 spiro atoms. The fourth-order valence-corrected chi connectivity index (χ4v) is 2.48. The fourth-order valence-electron chi connectivity index (χ4n) is 2.25. The Morgan fingerprint density at radius 2 is 1.74 bits per heavy atom. The van der Waals surface area contributed by atoms with Crippen LogP contribution in [0.5, 0.6) is 0 Å². The Morgan fingerprint density at radius 3 is 2.42 bits per heavy atom. The zero-order valence-electron chi connectivity index (χ0n) is 12.0. The first-order chi connectivity index (χ1) is 9.24. The SMILES string of the molecule is CCCCCCCC(=O)NNC(=S)N1CCCCC1. The molecule has 1 saturated heterocycles. The Balaban J connectivity index is 2.03. The van der Waals surface area contributed by atoms with Crippen molar-refractivity contribution in [3.63, 3.8) is 0 Å². The van der Waals surface area contributed by atoms with E-state index in [1.807, 2.05) is 0 Å². The molecule has 0 atom stereocenters. The van der Waals surface area contributed by atoms with Gasteiger partial charge in [-0.1, -0.05) is 32.6 Å². The Hall–Kier alpha value is -0.840. The van der Waals surface area contributed by atoms with E-state index in [1.54, 1.807) is 0 Å². The number of hydrogen-bond acceptors (Lipinski definition) is 2. The summed E-state index contributed by atoms with van der Waals surface area (Å²) in [7, 11) is 0. The highest BCUT2D eigenvalue weighted by Gasteiger charge is 2.13. The van der Waals surface area contributed by atoms with Crippen molar-refractivity contribution in [3.05, 3.63) is 0 Å². The van der Waals surface area contributed by atoms with Crippen LogP contribution < -0.4 is 10.9 Å². The van der Waals surface area contributed by atoms with Gasteiger partial charge in [0.25, 0.3) is 0 Å². The van der Waals surface area contributed by atoms with Gasteiger partial charge in [-0.2, -0.15) is 0 Å². The van der Waals surface area contributed by atoms with Crippen LogP contribution in [-0.4, -0.2) is 29.0 Å². The first kappa shape index (κ1) is 16.2. The molecule has 0 aromatic heterocycles. The van der Waals surface area contributed by atoms with Gasteiger partial charge in [0.05, 0.1) is 0 Å². The van der Waals surface area contributed by atoms with Gasteiger partial charge in [-0.15, -0.1) is 0 Å². The average molecular weight is 285 g/mol. The van der Waals surface area contributed by atoms with Gasteiger partial charge >= 0.3 is 0 Å². The van der Waals surface area contributed by atoms with E-state index in [1.165, 1.54) is 38.5 Å². The Bertz CT molecular complexity index is 278. The molecule has 1 rings (SSSR count). The summed E-state index contributed by atoms with van der Waals surface area (Å²) >= 11 is 5.26. The molecule has 110 valence electrons. The molecular weight excluding hydrogens is 258 g/mol. The van der Waals surface area contributed by atoms with Crippen LogP contribution >= 0.6 is 12.2 Å². The average Bonchev–Trinajstić information content (AvgIpc) is 2.45. The lowest BCUT2D eigenvalue weighted by Gasteiger charge is -2.29. The summed E-state index contributed by atoms with van der Waals surface area (Å²) in [6.07, 6.45) is 10.1. The van der Waals surface area contributed by atoms with Gasteiger partial charge < -0.3 is 4.90 Å². The lowest BCUT2D eigenvalue weighted by atomic mass is 10.1. The molecule has 0 radical (unpaired) electrons. The van der Waals surface area contributed by atoms with E-state index in [2.05, 4.69) is 22.7 Å². The largest absolute Gasteiger partial charge is 0.348 e. The molecule has 0 saturated carbocycles. The number of nitrogens with one attached hydrogen (secondary N) is 2. The van der Waals surface area contributed by atoms with Crippen molar-refractivity contribution in [2.45, 2.75) is 64.7 Å². The van der Waals surface area contributed by atoms with Crippen molar-refractivity contribution in [1.82, 2.24) is 15.8 Å². The molecule has 1 heterocycles. The minimum Gasteiger partial charge on any atom is -0.348 e. The van der Waals surface area contributed by atoms with Gasteiger partial charge in [-0.3, -0.25) is 15.6 Å². The number of unbranched alkanes of at least 4 members (excludes halogenated alkanes) is 4.